The maximum atomic E-state index is 2.57. The highest BCUT2D eigenvalue weighted by Gasteiger charge is 2.51. The van der Waals surface area contributed by atoms with Gasteiger partial charge < -0.3 is 0 Å². The van der Waals surface area contributed by atoms with Crippen LogP contribution in [0.1, 0.15) is 0 Å². The lowest BCUT2D eigenvalue weighted by molar-refractivity contribution is 1.61. The first-order chi connectivity index (χ1) is 37.7. The minimum absolute atomic E-state index is 1.20. The molecule has 2 aliphatic rings. The van der Waals surface area contributed by atoms with Crippen LogP contribution in [0.3, 0.4) is 0 Å². The molecule has 0 radical (unpaired) electrons. The molecule has 0 atom stereocenters. The van der Waals surface area contributed by atoms with E-state index in [1.54, 1.807) is 0 Å². The number of hydrogen-bond donors (Lipinski definition) is 0. The van der Waals surface area contributed by atoms with Gasteiger partial charge in [0.15, 0.2) is 16.1 Å². The van der Waals surface area contributed by atoms with Gasteiger partial charge in [0.05, 0.1) is 0 Å². The molecule has 354 valence electrons. The lowest BCUT2D eigenvalue weighted by atomic mass is 9.85. The van der Waals surface area contributed by atoms with Crippen LogP contribution in [0.4, 0.5) is 0 Å². The standard InChI is InChI=1S/C74H50Si2/c1-6-24-51(25-7-1)52-46-48-53(49-47-52)72-62-38-20-36-58(64-40-22-42-66-60-34-16-18-44-70(60)75(73(64)66,54-26-8-2-9-27-54)55-28-10-3-11-29-55)68(62)50-69-59(37-21-39-63(69)72)65-41-23-43-67-61-35-17-19-45-71(61)76(74(65)67,56-30-12-4-13-31-56)57-32-14-5-15-33-57/h1-50H. The summed E-state index contributed by atoms with van der Waals surface area (Å²) in [5.41, 5.74) is 15.4. The van der Waals surface area contributed by atoms with E-state index in [4.69, 9.17) is 0 Å². The second-order valence-corrected chi connectivity index (χ2v) is 27.9. The van der Waals surface area contributed by atoms with E-state index in [0.29, 0.717) is 0 Å². The van der Waals surface area contributed by atoms with Gasteiger partial charge in [-0.2, -0.15) is 0 Å². The fraction of sp³-hybridized carbons (Fsp3) is 0. The molecule has 0 aliphatic carbocycles. The molecule has 2 heterocycles. The molecule has 13 aromatic carbocycles. The van der Waals surface area contributed by atoms with Gasteiger partial charge in [-0.25, -0.2) is 0 Å². The molecule has 0 N–H and O–H groups in total. The monoisotopic (exact) mass is 994 g/mol. The lowest BCUT2D eigenvalue weighted by Crippen LogP contribution is -2.73. The minimum Gasteiger partial charge on any atom is -0.0623 e. The van der Waals surface area contributed by atoms with Crippen LogP contribution < -0.4 is 41.5 Å². The summed E-state index contributed by atoms with van der Waals surface area (Å²) in [4.78, 5) is 0. The minimum atomic E-state index is -2.89. The Kier molecular flexibility index (Phi) is 10.3. The van der Waals surface area contributed by atoms with Crippen molar-refractivity contribution in [2.45, 2.75) is 0 Å². The Morgan fingerprint density at radius 1 is 0.184 bits per heavy atom. The third-order valence-electron chi connectivity index (χ3n) is 16.8. The van der Waals surface area contributed by atoms with E-state index in [9.17, 15) is 0 Å². The largest absolute Gasteiger partial charge is 0.181 e. The number of benzene rings is 13. The molecule has 0 bridgehead atoms. The van der Waals surface area contributed by atoms with Gasteiger partial charge >= 0.3 is 0 Å². The van der Waals surface area contributed by atoms with Crippen LogP contribution in [0, 0.1) is 0 Å². The second kappa shape index (κ2) is 17.7. The highest BCUT2D eigenvalue weighted by atomic mass is 28.3. The smallest absolute Gasteiger partial charge is 0.0623 e. The van der Waals surface area contributed by atoms with Crippen molar-refractivity contribution in [3.63, 3.8) is 0 Å². The summed E-state index contributed by atoms with van der Waals surface area (Å²) in [6.45, 7) is 0. The molecule has 0 saturated heterocycles. The van der Waals surface area contributed by atoms with E-state index >= 15 is 0 Å². The Morgan fingerprint density at radius 3 is 0.882 bits per heavy atom. The fourth-order valence-electron chi connectivity index (χ4n) is 13.9. The van der Waals surface area contributed by atoms with Crippen molar-refractivity contribution < 1.29 is 0 Å². The number of fused-ring (bicyclic) bond motifs is 8. The summed E-state index contributed by atoms with van der Waals surface area (Å²) in [6.07, 6.45) is 0. The summed E-state index contributed by atoms with van der Waals surface area (Å²) in [5, 5.41) is 16.4. The zero-order valence-electron chi connectivity index (χ0n) is 41.9. The summed E-state index contributed by atoms with van der Waals surface area (Å²) in [6, 6.07) is 115. The average molecular weight is 995 g/mol. The Labute approximate surface area is 446 Å². The van der Waals surface area contributed by atoms with Crippen LogP contribution in [0.25, 0.3) is 88.3 Å². The lowest BCUT2D eigenvalue weighted by Gasteiger charge is -2.33. The molecule has 13 aromatic rings. The first-order valence-corrected chi connectivity index (χ1v) is 30.6. The van der Waals surface area contributed by atoms with Gasteiger partial charge in [0.2, 0.25) is 0 Å². The van der Waals surface area contributed by atoms with Crippen molar-refractivity contribution in [3.8, 4) is 66.8 Å². The van der Waals surface area contributed by atoms with Crippen LogP contribution in [0.5, 0.6) is 0 Å². The van der Waals surface area contributed by atoms with E-state index in [1.165, 1.54) is 130 Å². The summed E-state index contributed by atoms with van der Waals surface area (Å²) < 4.78 is 0. The van der Waals surface area contributed by atoms with Gasteiger partial charge in [-0.15, -0.1) is 0 Å². The second-order valence-electron chi connectivity index (χ2n) is 20.5. The first-order valence-electron chi connectivity index (χ1n) is 26.6. The first kappa shape index (κ1) is 44.3. The average Bonchev–Trinajstić information content (AvgIpc) is 4.14. The molecule has 15 rings (SSSR count). The van der Waals surface area contributed by atoms with Crippen LogP contribution >= 0.6 is 0 Å². The molecule has 0 unspecified atom stereocenters. The van der Waals surface area contributed by atoms with Gasteiger partial charge in [-0.3, -0.25) is 0 Å². The summed E-state index contributed by atoms with van der Waals surface area (Å²) >= 11 is 0. The van der Waals surface area contributed by atoms with Gasteiger partial charge in [0.1, 0.15) is 0 Å². The molecule has 2 aliphatic heterocycles. The predicted octanol–water partition coefficient (Wildman–Crippen LogP) is 13.4. The van der Waals surface area contributed by atoms with Crippen LogP contribution in [-0.4, -0.2) is 16.1 Å². The molecule has 0 saturated carbocycles. The van der Waals surface area contributed by atoms with Crippen molar-refractivity contribution in [2.24, 2.45) is 0 Å². The van der Waals surface area contributed by atoms with Gasteiger partial charge in [0, 0.05) is 0 Å². The molecule has 0 spiro atoms. The Hall–Kier alpha value is -9.19. The van der Waals surface area contributed by atoms with Crippen molar-refractivity contribution in [1.82, 2.24) is 0 Å². The van der Waals surface area contributed by atoms with E-state index in [-0.39, 0.29) is 0 Å². The summed E-state index contributed by atoms with van der Waals surface area (Å²) in [7, 11) is -5.79. The maximum absolute atomic E-state index is 2.89. The van der Waals surface area contributed by atoms with Gasteiger partial charge in [-0.1, -0.05) is 297 Å². The summed E-state index contributed by atoms with van der Waals surface area (Å²) in [5.74, 6) is 0. The third kappa shape index (κ3) is 6.42. The highest BCUT2D eigenvalue weighted by molar-refractivity contribution is 7.23. The maximum Gasteiger partial charge on any atom is 0.181 e. The van der Waals surface area contributed by atoms with Crippen molar-refractivity contribution in [1.29, 1.82) is 0 Å². The molecule has 0 fully saturated rings. The van der Waals surface area contributed by atoms with Crippen LogP contribution in [-0.2, 0) is 0 Å². The topological polar surface area (TPSA) is 0 Å². The molecule has 76 heavy (non-hydrogen) atoms. The van der Waals surface area contributed by atoms with Gasteiger partial charge in [0.25, 0.3) is 0 Å². The van der Waals surface area contributed by atoms with Gasteiger partial charge in [-0.05, 0) is 136 Å². The quantitative estimate of drug-likeness (QED) is 0.105. The number of hydrogen-bond acceptors (Lipinski definition) is 0. The van der Waals surface area contributed by atoms with Crippen molar-refractivity contribution >= 4 is 79.2 Å². The van der Waals surface area contributed by atoms with Crippen molar-refractivity contribution in [2.75, 3.05) is 0 Å². The molecular formula is C74H50Si2. The Balaban J connectivity index is 1.07. The normalized spacial score (nSPS) is 13.5. The molecule has 0 amide bonds. The van der Waals surface area contributed by atoms with E-state index in [1.807, 2.05) is 0 Å². The third-order valence-corrected chi connectivity index (χ3v) is 26.7. The predicted molar refractivity (Wildman–Crippen MR) is 328 cm³/mol. The zero-order valence-corrected chi connectivity index (χ0v) is 43.9. The Morgan fingerprint density at radius 2 is 0.474 bits per heavy atom. The molecule has 0 aromatic heterocycles. The highest BCUT2D eigenvalue weighted by Crippen LogP contribution is 2.45. The van der Waals surface area contributed by atoms with Crippen LogP contribution in [0.15, 0.2) is 303 Å². The fourth-order valence-corrected chi connectivity index (χ4v) is 24.7. The van der Waals surface area contributed by atoms with E-state index < -0.39 is 16.1 Å². The molecular weight excluding hydrogens is 945 g/mol. The Bertz CT molecular complexity index is 4040. The zero-order chi connectivity index (χ0) is 50.2. The van der Waals surface area contributed by atoms with E-state index in [2.05, 4.69) is 303 Å². The molecule has 0 nitrogen and oxygen atoms in total. The molecule has 2 heteroatoms. The number of rotatable bonds is 8. The van der Waals surface area contributed by atoms with E-state index in [0.717, 1.165) is 0 Å². The van der Waals surface area contributed by atoms with Crippen molar-refractivity contribution in [3.05, 3.63) is 303 Å². The SMILES string of the molecule is c1ccc(-c2ccc(-c3c4cccc(-c5cccc6c5[Si](c5ccccc5)(c5ccccc5)c5ccccc5-6)c4cc4c(-c5cccc6c5[Si](c5ccccc5)(c5ccccc5)c5ccccc5-6)cccc34)cc2)cc1. The van der Waals surface area contributed by atoms with Crippen LogP contribution in [0.2, 0.25) is 0 Å².